The SMILES string of the molecule is CCC1[C-]=CC(C(C)(C)C)=C1.Cc1cc2[cH-]c3cc(C)c(C(C)(C)C)cc3c2cc1C(C)(C)C.Cc1ccc([C](=[Zr+2])c2ccc(C)cc2)cc1.[Cl-].[Cl-]. The van der Waals surface area contributed by atoms with Crippen molar-refractivity contribution in [1.82, 2.24) is 0 Å². The van der Waals surface area contributed by atoms with Crippen molar-refractivity contribution in [3.8, 4) is 0 Å². The molecule has 276 valence electrons. The first-order chi connectivity index (χ1) is 23.2. The van der Waals surface area contributed by atoms with Crippen LogP contribution in [0.15, 0.2) is 96.6 Å². The third-order valence-corrected chi connectivity index (χ3v) is 11.2. The molecule has 0 saturated carbocycles. The van der Waals surface area contributed by atoms with Crippen molar-refractivity contribution in [1.29, 1.82) is 0 Å². The van der Waals surface area contributed by atoms with E-state index in [0.29, 0.717) is 11.3 Å². The molecule has 1 unspecified atom stereocenters. The van der Waals surface area contributed by atoms with Crippen molar-refractivity contribution in [3.63, 3.8) is 0 Å². The smallest absolute Gasteiger partial charge is 1.00 e. The van der Waals surface area contributed by atoms with Crippen LogP contribution in [-0.4, -0.2) is 3.21 Å². The molecule has 1 atom stereocenters. The molecule has 0 saturated heterocycles. The molecule has 0 aliphatic heterocycles. The van der Waals surface area contributed by atoms with Gasteiger partial charge in [0.2, 0.25) is 0 Å². The van der Waals surface area contributed by atoms with Crippen molar-refractivity contribution < 1.29 is 49.0 Å². The van der Waals surface area contributed by atoms with Crippen LogP contribution in [0.5, 0.6) is 0 Å². The Hall–Kier alpha value is -2.44. The minimum atomic E-state index is 0. The number of hydrogen-bond acceptors (Lipinski definition) is 0. The molecule has 0 nitrogen and oxygen atoms in total. The number of aryl methyl sites for hydroxylation is 4. The van der Waals surface area contributed by atoms with E-state index in [2.05, 4.69) is 194 Å². The number of hydrogen-bond donors (Lipinski definition) is 0. The fourth-order valence-corrected chi connectivity index (χ4v) is 7.59. The van der Waals surface area contributed by atoms with Crippen LogP contribution in [0.2, 0.25) is 0 Å². The third-order valence-electron chi connectivity index (χ3n) is 9.83. The number of benzene rings is 4. The Balaban J connectivity index is 0.000000283. The number of halogens is 2. The Kier molecular flexibility index (Phi) is 16.1. The molecule has 0 radical (unpaired) electrons. The monoisotopic (exact) mass is 808 g/mol. The largest absolute Gasteiger partial charge is 1.00 e. The summed E-state index contributed by atoms with van der Waals surface area (Å²) in [5, 5.41) is 5.55. The fraction of sp³-hybridized carbons (Fsp3) is 0.388. The van der Waals surface area contributed by atoms with Gasteiger partial charge in [0.05, 0.1) is 0 Å². The van der Waals surface area contributed by atoms with Gasteiger partial charge < -0.3 is 24.8 Å². The minimum absolute atomic E-state index is 0. The summed E-state index contributed by atoms with van der Waals surface area (Å²) in [6.07, 6.45) is 9.00. The maximum atomic E-state index is 3.35. The van der Waals surface area contributed by atoms with Crippen molar-refractivity contribution in [2.75, 3.05) is 0 Å². The quantitative estimate of drug-likeness (QED) is 0.164. The van der Waals surface area contributed by atoms with E-state index in [9.17, 15) is 0 Å². The Morgan fingerprint density at radius 2 is 1.00 bits per heavy atom. The molecule has 3 heteroatoms. The second-order valence-corrected chi connectivity index (χ2v) is 18.7. The van der Waals surface area contributed by atoms with Gasteiger partial charge in [0.25, 0.3) is 0 Å². The molecular weight excluding hydrogens is 751 g/mol. The zero-order valence-corrected chi connectivity index (χ0v) is 38.2. The second-order valence-electron chi connectivity index (χ2n) is 17.5. The van der Waals surface area contributed by atoms with Gasteiger partial charge in [0, 0.05) is 0 Å². The van der Waals surface area contributed by atoms with Gasteiger partial charge in [-0.05, 0) is 24.7 Å². The Morgan fingerprint density at radius 1 is 0.615 bits per heavy atom. The fourth-order valence-electron chi connectivity index (χ4n) is 6.77. The zero-order valence-electron chi connectivity index (χ0n) is 34.2. The average Bonchev–Trinajstić information content (AvgIpc) is 3.65. The molecule has 5 aromatic carbocycles. The van der Waals surface area contributed by atoms with Crippen LogP contribution in [0.4, 0.5) is 0 Å². The molecule has 5 aromatic rings. The van der Waals surface area contributed by atoms with Crippen molar-refractivity contribution in [2.24, 2.45) is 11.3 Å². The number of allylic oxidation sites excluding steroid dienone is 4. The predicted molar refractivity (Wildman–Crippen MR) is 219 cm³/mol. The van der Waals surface area contributed by atoms with Crippen LogP contribution in [0.3, 0.4) is 0 Å². The second kappa shape index (κ2) is 18.3. The normalized spacial score (nSPS) is 14.1. The van der Waals surface area contributed by atoms with E-state index in [0.717, 1.165) is 0 Å². The van der Waals surface area contributed by atoms with Crippen LogP contribution in [0.25, 0.3) is 21.5 Å². The van der Waals surface area contributed by atoms with Crippen LogP contribution >= 0.6 is 0 Å². The molecule has 1 aliphatic carbocycles. The first kappa shape index (κ1) is 45.7. The van der Waals surface area contributed by atoms with Gasteiger partial charge in [-0.25, -0.2) is 6.08 Å². The topological polar surface area (TPSA) is 0 Å². The summed E-state index contributed by atoms with van der Waals surface area (Å²) in [5.74, 6) is 0.573. The zero-order chi connectivity index (χ0) is 37.2. The molecule has 0 N–H and O–H groups in total. The molecule has 0 aromatic heterocycles. The Morgan fingerprint density at radius 3 is 1.29 bits per heavy atom. The molecule has 6 rings (SSSR count). The summed E-state index contributed by atoms with van der Waals surface area (Å²) in [5.41, 5.74) is 13.1. The molecule has 0 spiro atoms. The molecule has 0 bridgehead atoms. The van der Waals surface area contributed by atoms with Crippen molar-refractivity contribution >= 4 is 24.8 Å². The number of rotatable bonds is 3. The summed E-state index contributed by atoms with van der Waals surface area (Å²) in [6, 6.07) is 29.5. The standard InChI is InChI=1S/C23H29.C15H14.C11H17.2ClH.Zr/c1-14-9-16-11-17-10-15(2)21(23(6,7)8)13-19(17)18(16)12-20(14)22(3,4)5;1-12-3-7-14(8-4-12)11-15-9-5-13(2)6-10-15;1-5-9-6-7-10(8-9)11(2,3)4;;;/h9-13H,1-8H3;3-10H,1-2H3;7-9H,5H2,1-4H3;2*1H;/q-1;;-1;;;+2/p-2. The first-order valence-corrected chi connectivity index (χ1v) is 19.6. The van der Waals surface area contributed by atoms with E-state index in [-0.39, 0.29) is 35.6 Å². The Bertz CT molecular complexity index is 1890. The molecule has 0 amide bonds. The van der Waals surface area contributed by atoms with E-state index in [1.165, 1.54) is 105 Å². The summed E-state index contributed by atoms with van der Waals surface area (Å²) < 4.78 is 1.42. The van der Waals surface area contributed by atoms with Gasteiger partial charge in [-0.1, -0.05) is 121 Å². The maximum absolute atomic E-state index is 3.35. The molecule has 0 heterocycles. The van der Waals surface area contributed by atoms with Crippen LogP contribution in [0, 0.1) is 45.1 Å². The van der Waals surface area contributed by atoms with Gasteiger partial charge in [0.15, 0.2) is 0 Å². The van der Waals surface area contributed by atoms with Crippen LogP contribution < -0.4 is 24.8 Å². The number of fused-ring (bicyclic) bond motifs is 3. The van der Waals surface area contributed by atoms with Crippen molar-refractivity contribution in [2.45, 2.75) is 114 Å². The van der Waals surface area contributed by atoms with E-state index in [1.54, 1.807) is 0 Å². The van der Waals surface area contributed by atoms with E-state index < -0.39 is 0 Å². The molecular formula is C49H60Cl2Zr-2. The van der Waals surface area contributed by atoms with Gasteiger partial charge in [0.1, 0.15) is 0 Å². The van der Waals surface area contributed by atoms with Crippen LogP contribution in [-0.2, 0) is 35.1 Å². The van der Waals surface area contributed by atoms with Crippen LogP contribution in [0.1, 0.15) is 120 Å². The maximum Gasteiger partial charge on any atom is -1.00 e. The predicted octanol–water partition coefficient (Wildman–Crippen LogP) is 7.71. The first-order valence-electron chi connectivity index (χ1n) is 18.4. The van der Waals surface area contributed by atoms with Crippen molar-refractivity contribution in [3.05, 3.63) is 147 Å². The summed E-state index contributed by atoms with van der Waals surface area (Å²) in [6.45, 7) is 31.5. The minimum Gasteiger partial charge on any atom is -1.00 e. The van der Waals surface area contributed by atoms with E-state index >= 15 is 0 Å². The van der Waals surface area contributed by atoms with Gasteiger partial charge >= 0.3 is 112 Å². The van der Waals surface area contributed by atoms with E-state index in [4.69, 9.17) is 0 Å². The van der Waals surface area contributed by atoms with Gasteiger partial charge in [-0.15, -0.1) is 39.7 Å². The molecule has 0 fully saturated rings. The molecule has 52 heavy (non-hydrogen) atoms. The van der Waals surface area contributed by atoms with Gasteiger partial charge in [-0.2, -0.15) is 11.6 Å². The average molecular weight is 811 g/mol. The summed E-state index contributed by atoms with van der Waals surface area (Å²) >= 11 is 1.46. The summed E-state index contributed by atoms with van der Waals surface area (Å²) in [4.78, 5) is 0. The summed E-state index contributed by atoms with van der Waals surface area (Å²) in [7, 11) is 0. The van der Waals surface area contributed by atoms with E-state index in [1.807, 2.05) is 0 Å². The Labute approximate surface area is 344 Å². The van der Waals surface area contributed by atoms with Gasteiger partial charge in [-0.3, -0.25) is 6.08 Å². The third kappa shape index (κ3) is 11.5. The molecule has 1 aliphatic rings.